The van der Waals surface area contributed by atoms with Crippen LogP contribution < -0.4 is 4.74 Å². The standard InChI is InChI=1S/C12H14O2/c1-4-10-9(3)7-6-8-11(10)14-12(13)5-2/h5-8H,2,4H2,1,3H3. The highest BCUT2D eigenvalue weighted by Crippen LogP contribution is 2.22. The molecule has 74 valence electrons. The van der Waals surface area contributed by atoms with Gasteiger partial charge in [0.1, 0.15) is 5.75 Å². The van der Waals surface area contributed by atoms with Crippen molar-refractivity contribution in [2.45, 2.75) is 20.3 Å². The highest BCUT2D eigenvalue weighted by Gasteiger charge is 2.06. The van der Waals surface area contributed by atoms with Crippen molar-refractivity contribution in [3.05, 3.63) is 42.0 Å². The van der Waals surface area contributed by atoms with Crippen molar-refractivity contribution in [2.24, 2.45) is 0 Å². The number of ether oxygens (including phenoxy) is 1. The third-order valence-electron chi connectivity index (χ3n) is 2.10. The number of rotatable bonds is 3. The molecule has 0 N–H and O–H groups in total. The number of benzene rings is 1. The number of aryl methyl sites for hydroxylation is 1. The molecule has 1 rings (SSSR count). The molecule has 0 unspecified atom stereocenters. The molecule has 0 saturated carbocycles. The van der Waals surface area contributed by atoms with Crippen molar-refractivity contribution in [3.8, 4) is 5.75 Å². The van der Waals surface area contributed by atoms with Gasteiger partial charge in [0, 0.05) is 6.08 Å². The molecule has 1 aromatic carbocycles. The molecular formula is C12H14O2. The van der Waals surface area contributed by atoms with E-state index in [-0.39, 0.29) is 0 Å². The quantitative estimate of drug-likeness (QED) is 0.416. The minimum absolute atomic E-state index is 0.412. The molecule has 0 amide bonds. The fourth-order valence-corrected chi connectivity index (χ4v) is 1.37. The van der Waals surface area contributed by atoms with Gasteiger partial charge in [-0.2, -0.15) is 0 Å². The van der Waals surface area contributed by atoms with Crippen molar-refractivity contribution in [2.75, 3.05) is 0 Å². The molecule has 0 bridgehead atoms. The van der Waals surface area contributed by atoms with E-state index >= 15 is 0 Å². The van der Waals surface area contributed by atoms with Crippen LogP contribution in [0.1, 0.15) is 18.1 Å². The molecule has 0 aliphatic rings. The summed E-state index contributed by atoms with van der Waals surface area (Å²) in [5.41, 5.74) is 2.21. The van der Waals surface area contributed by atoms with Gasteiger partial charge in [0.25, 0.3) is 0 Å². The Labute approximate surface area is 84.2 Å². The topological polar surface area (TPSA) is 26.3 Å². The van der Waals surface area contributed by atoms with E-state index in [0.717, 1.165) is 17.5 Å². The lowest BCUT2D eigenvalue weighted by atomic mass is 10.1. The van der Waals surface area contributed by atoms with Crippen LogP contribution in [0.25, 0.3) is 0 Å². The zero-order chi connectivity index (χ0) is 10.6. The highest BCUT2D eigenvalue weighted by molar-refractivity contribution is 5.83. The Kier molecular flexibility index (Phi) is 3.46. The van der Waals surface area contributed by atoms with E-state index in [9.17, 15) is 4.79 Å². The predicted octanol–water partition coefficient (Wildman–Crippen LogP) is 2.65. The monoisotopic (exact) mass is 190 g/mol. The van der Waals surface area contributed by atoms with E-state index in [4.69, 9.17) is 4.74 Å². The minimum atomic E-state index is -0.412. The molecule has 2 heteroatoms. The highest BCUT2D eigenvalue weighted by atomic mass is 16.5. The number of hydrogen-bond acceptors (Lipinski definition) is 2. The maximum atomic E-state index is 11.0. The smallest absolute Gasteiger partial charge is 0.335 e. The van der Waals surface area contributed by atoms with Crippen molar-refractivity contribution in [1.82, 2.24) is 0 Å². The van der Waals surface area contributed by atoms with Crippen LogP contribution in [0.5, 0.6) is 5.75 Å². The lowest BCUT2D eigenvalue weighted by Crippen LogP contribution is -2.05. The Morgan fingerprint density at radius 3 is 2.86 bits per heavy atom. The van der Waals surface area contributed by atoms with E-state index in [0.29, 0.717) is 5.75 Å². The molecule has 0 aliphatic carbocycles. The average molecular weight is 190 g/mol. The Hall–Kier alpha value is -1.57. The van der Waals surface area contributed by atoms with Crippen molar-refractivity contribution in [3.63, 3.8) is 0 Å². The van der Waals surface area contributed by atoms with E-state index in [1.54, 1.807) is 6.07 Å². The SMILES string of the molecule is C=CC(=O)Oc1cccc(C)c1CC. The molecule has 0 aromatic heterocycles. The summed E-state index contributed by atoms with van der Waals surface area (Å²) >= 11 is 0. The molecule has 0 aliphatic heterocycles. The largest absolute Gasteiger partial charge is 0.423 e. The van der Waals surface area contributed by atoms with Crippen molar-refractivity contribution >= 4 is 5.97 Å². The lowest BCUT2D eigenvalue weighted by Gasteiger charge is -2.09. The van der Waals surface area contributed by atoms with Gasteiger partial charge in [-0.15, -0.1) is 0 Å². The van der Waals surface area contributed by atoms with Crippen LogP contribution in [0, 0.1) is 6.92 Å². The summed E-state index contributed by atoms with van der Waals surface area (Å²) in [6.45, 7) is 7.40. The third kappa shape index (κ3) is 2.22. The molecule has 14 heavy (non-hydrogen) atoms. The first kappa shape index (κ1) is 10.5. The van der Waals surface area contributed by atoms with Gasteiger partial charge >= 0.3 is 5.97 Å². The molecule has 1 aromatic rings. The van der Waals surface area contributed by atoms with Gasteiger partial charge in [-0.25, -0.2) is 4.79 Å². The molecular weight excluding hydrogens is 176 g/mol. The third-order valence-corrected chi connectivity index (χ3v) is 2.10. The van der Waals surface area contributed by atoms with Crippen LogP contribution >= 0.6 is 0 Å². The van der Waals surface area contributed by atoms with Gasteiger partial charge < -0.3 is 4.74 Å². The normalized spacial score (nSPS) is 9.57. The summed E-state index contributed by atoms with van der Waals surface area (Å²) in [6, 6.07) is 5.68. The van der Waals surface area contributed by atoms with Gasteiger partial charge in [-0.1, -0.05) is 25.6 Å². The molecule has 0 radical (unpaired) electrons. The van der Waals surface area contributed by atoms with E-state index in [1.165, 1.54) is 6.08 Å². The van der Waals surface area contributed by atoms with E-state index in [1.807, 2.05) is 26.0 Å². The first-order valence-corrected chi connectivity index (χ1v) is 4.61. The lowest BCUT2D eigenvalue weighted by molar-refractivity contribution is -0.129. The molecule has 0 heterocycles. The fourth-order valence-electron chi connectivity index (χ4n) is 1.37. The fraction of sp³-hybridized carbons (Fsp3) is 0.250. The predicted molar refractivity (Wildman–Crippen MR) is 56.4 cm³/mol. The molecule has 2 nitrogen and oxygen atoms in total. The van der Waals surface area contributed by atoms with Crippen molar-refractivity contribution in [1.29, 1.82) is 0 Å². The summed E-state index contributed by atoms with van der Waals surface area (Å²) in [7, 11) is 0. The molecule has 0 spiro atoms. The second-order valence-corrected chi connectivity index (χ2v) is 3.03. The van der Waals surface area contributed by atoms with E-state index in [2.05, 4.69) is 6.58 Å². The second kappa shape index (κ2) is 4.61. The number of carbonyl (C=O) groups excluding carboxylic acids is 1. The summed E-state index contributed by atoms with van der Waals surface area (Å²) in [4.78, 5) is 11.0. The Morgan fingerprint density at radius 2 is 2.29 bits per heavy atom. The van der Waals surface area contributed by atoms with Crippen LogP contribution in [0.2, 0.25) is 0 Å². The van der Waals surface area contributed by atoms with E-state index < -0.39 is 5.97 Å². The first-order chi connectivity index (χ1) is 6.69. The van der Waals surface area contributed by atoms with Gasteiger partial charge in [0.05, 0.1) is 0 Å². The average Bonchev–Trinajstić information content (AvgIpc) is 2.18. The van der Waals surface area contributed by atoms with Gasteiger partial charge in [0.2, 0.25) is 0 Å². The Balaban J connectivity index is 3.01. The summed E-state index contributed by atoms with van der Waals surface area (Å²) in [5, 5.41) is 0. The molecule has 0 saturated heterocycles. The first-order valence-electron chi connectivity index (χ1n) is 4.61. The van der Waals surface area contributed by atoms with Crippen molar-refractivity contribution < 1.29 is 9.53 Å². The summed E-state index contributed by atoms with van der Waals surface area (Å²) in [5.74, 6) is 0.225. The zero-order valence-corrected chi connectivity index (χ0v) is 8.54. The zero-order valence-electron chi connectivity index (χ0n) is 8.54. The van der Waals surface area contributed by atoms with Crippen LogP contribution in [-0.4, -0.2) is 5.97 Å². The maximum Gasteiger partial charge on any atom is 0.335 e. The van der Waals surface area contributed by atoms with Gasteiger partial charge in [0.15, 0.2) is 0 Å². The molecule has 0 fully saturated rings. The Bertz CT molecular complexity index is 353. The molecule has 0 atom stereocenters. The summed E-state index contributed by atoms with van der Waals surface area (Å²) < 4.78 is 5.11. The number of esters is 1. The number of hydrogen-bond donors (Lipinski definition) is 0. The summed E-state index contributed by atoms with van der Waals surface area (Å²) in [6.07, 6.45) is 2.02. The number of carbonyl (C=O) groups is 1. The van der Waals surface area contributed by atoms with Crippen LogP contribution in [-0.2, 0) is 11.2 Å². The van der Waals surface area contributed by atoms with Gasteiger partial charge in [-0.05, 0) is 30.5 Å². The Morgan fingerprint density at radius 1 is 1.57 bits per heavy atom. The minimum Gasteiger partial charge on any atom is -0.423 e. The second-order valence-electron chi connectivity index (χ2n) is 3.03. The maximum absolute atomic E-state index is 11.0. The van der Waals surface area contributed by atoms with Crippen LogP contribution in [0.3, 0.4) is 0 Å². The van der Waals surface area contributed by atoms with Crippen LogP contribution in [0.15, 0.2) is 30.9 Å². The van der Waals surface area contributed by atoms with Gasteiger partial charge in [-0.3, -0.25) is 0 Å². The van der Waals surface area contributed by atoms with Crippen LogP contribution in [0.4, 0.5) is 0 Å².